The van der Waals surface area contributed by atoms with Crippen molar-refractivity contribution in [3.63, 3.8) is 0 Å². The van der Waals surface area contributed by atoms with Crippen molar-refractivity contribution >= 4 is 32.2 Å². The molecule has 10 heteroatoms. The summed E-state index contributed by atoms with van der Waals surface area (Å²) in [6.07, 6.45) is 1.92. The maximum absolute atomic E-state index is 12.5. The Kier molecular flexibility index (Phi) is 4.78. The van der Waals surface area contributed by atoms with Gasteiger partial charge in [-0.3, -0.25) is 14.8 Å². The number of nitro groups is 1. The number of benzene rings is 1. The number of nitrogens with zero attached hydrogens (tertiary/aromatic N) is 2. The Morgan fingerprint density at radius 2 is 2.00 bits per heavy atom. The van der Waals surface area contributed by atoms with E-state index in [1.807, 2.05) is 5.38 Å². The molecule has 8 nitrogen and oxygen atoms in total. The third-order valence-corrected chi connectivity index (χ3v) is 6.14. The lowest BCUT2D eigenvalue weighted by Gasteiger charge is -2.20. The van der Waals surface area contributed by atoms with Gasteiger partial charge >= 0.3 is 0 Å². The van der Waals surface area contributed by atoms with Crippen molar-refractivity contribution < 1.29 is 13.3 Å². The van der Waals surface area contributed by atoms with E-state index in [4.69, 9.17) is 0 Å². The van der Waals surface area contributed by atoms with Crippen LogP contribution in [-0.4, -0.2) is 31.4 Å². The Hall–Kier alpha value is -2.04. The second-order valence-corrected chi connectivity index (χ2v) is 7.94. The fourth-order valence-electron chi connectivity index (χ4n) is 2.64. The molecule has 1 fully saturated rings. The first-order valence-electron chi connectivity index (χ1n) is 7.40. The average molecular weight is 368 g/mol. The predicted molar refractivity (Wildman–Crippen MR) is 90.9 cm³/mol. The fraction of sp³-hybridized carbons (Fsp3) is 0.357. The van der Waals surface area contributed by atoms with Gasteiger partial charge in [0.05, 0.1) is 10.6 Å². The zero-order chi connectivity index (χ0) is 17.2. The molecule has 1 aromatic carbocycles. The normalized spacial score (nSPS) is 16.0. The first-order valence-corrected chi connectivity index (χ1v) is 9.76. The minimum atomic E-state index is -4.06. The molecule has 2 N–H and O–H groups in total. The molecule has 0 unspecified atom stereocenters. The maximum atomic E-state index is 12.5. The van der Waals surface area contributed by atoms with Crippen LogP contribution in [0.1, 0.15) is 24.5 Å². The van der Waals surface area contributed by atoms with Gasteiger partial charge in [0, 0.05) is 17.4 Å². The standard InChI is InChI=1S/C14H16N4O4S2/c19-18(20)12-3-1-2-4-13(12)24(21,22)17-14-16-11(9-23-14)10-5-7-15-8-6-10/h1-4,9-10,15H,5-8H2,(H,16,17). The van der Waals surface area contributed by atoms with E-state index >= 15 is 0 Å². The van der Waals surface area contributed by atoms with Crippen molar-refractivity contribution in [2.75, 3.05) is 17.8 Å². The van der Waals surface area contributed by atoms with Crippen molar-refractivity contribution in [2.45, 2.75) is 23.7 Å². The fourth-order valence-corrected chi connectivity index (χ4v) is 4.86. The topological polar surface area (TPSA) is 114 Å². The molecule has 0 saturated carbocycles. The molecule has 0 atom stereocenters. The summed E-state index contributed by atoms with van der Waals surface area (Å²) in [6, 6.07) is 5.25. The van der Waals surface area contributed by atoms with Crippen LogP contribution >= 0.6 is 11.3 Å². The second kappa shape index (κ2) is 6.83. The summed E-state index contributed by atoms with van der Waals surface area (Å²) in [5.41, 5.74) is 0.405. The highest BCUT2D eigenvalue weighted by Gasteiger charge is 2.26. The minimum Gasteiger partial charge on any atom is -0.317 e. The van der Waals surface area contributed by atoms with Crippen LogP contribution in [-0.2, 0) is 10.0 Å². The van der Waals surface area contributed by atoms with Crippen LogP contribution in [0.2, 0.25) is 0 Å². The van der Waals surface area contributed by atoms with Crippen LogP contribution in [0, 0.1) is 10.1 Å². The molecular formula is C14H16N4O4S2. The van der Waals surface area contributed by atoms with Gasteiger partial charge in [0.15, 0.2) is 10.0 Å². The van der Waals surface area contributed by atoms with E-state index in [2.05, 4.69) is 15.0 Å². The number of hydrogen-bond acceptors (Lipinski definition) is 7. The molecule has 0 radical (unpaired) electrons. The lowest BCUT2D eigenvalue weighted by atomic mass is 9.96. The smallest absolute Gasteiger partial charge is 0.289 e. The maximum Gasteiger partial charge on any atom is 0.289 e. The van der Waals surface area contributed by atoms with E-state index < -0.39 is 20.6 Å². The number of aromatic nitrogens is 1. The Morgan fingerprint density at radius 3 is 2.71 bits per heavy atom. The highest BCUT2D eigenvalue weighted by molar-refractivity contribution is 7.93. The average Bonchev–Trinajstić information content (AvgIpc) is 3.03. The number of sulfonamides is 1. The van der Waals surface area contributed by atoms with E-state index in [-0.39, 0.29) is 10.0 Å². The summed E-state index contributed by atoms with van der Waals surface area (Å²) in [7, 11) is -4.06. The van der Waals surface area contributed by atoms with Gasteiger partial charge in [-0.1, -0.05) is 12.1 Å². The number of nitrogens with one attached hydrogen (secondary N) is 2. The number of piperidine rings is 1. The van der Waals surface area contributed by atoms with E-state index in [9.17, 15) is 18.5 Å². The van der Waals surface area contributed by atoms with Crippen molar-refractivity contribution in [2.24, 2.45) is 0 Å². The number of anilines is 1. The molecular weight excluding hydrogens is 352 g/mol. The molecule has 24 heavy (non-hydrogen) atoms. The van der Waals surface area contributed by atoms with Gasteiger partial charge in [-0.15, -0.1) is 11.3 Å². The van der Waals surface area contributed by atoms with E-state index in [1.54, 1.807) is 0 Å². The van der Waals surface area contributed by atoms with Gasteiger partial charge in [0.2, 0.25) is 0 Å². The van der Waals surface area contributed by atoms with Crippen LogP contribution in [0.15, 0.2) is 34.5 Å². The molecule has 128 valence electrons. The third-order valence-electron chi connectivity index (χ3n) is 3.85. The predicted octanol–water partition coefficient (Wildman–Crippen LogP) is 2.32. The molecule has 0 aliphatic carbocycles. The Labute approximate surface area is 143 Å². The van der Waals surface area contributed by atoms with E-state index in [0.29, 0.717) is 5.92 Å². The van der Waals surface area contributed by atoms with Crippen molar-refractivity contribution in [1.29, 1.82) is 0 Å². The van der Waals surface area contributed by atoms with E-state index in [0.717, 1.165) is 37.7 Å². The van der Waals surface area contributed by atoms with Crippen LogP contribution in [0.4, 0.5) is 10.8 Å². The third kappa shape index (κ3) is 3.55. The summed E-state index contributed by atoms with van der Waals surface area (Å²) in [5.74, 6) is 0.312. The van der Waals surface area contributed by atoms with Crippen LogP contribution in [0.3, 0.4) is 0 Å². The molecule has 1 aromatic heterocycles. The molecule has 1 aliphatic heterocycles. The number of thiazole rings is 1. The minimum absolute atomic E-state index is 0.224. The number of rotatable bonds is 5. The van der Waals surface area contributed by atoms with Gasteiger partial charge in [-0.05, 0) is 32.0 Å². The van der Waals surface area contributed by atoms with Gasteiger partial charge in [0.25, 0.3) is 15.7 Å². The van der Waals surface area contributed by atoms with Gasteiger partial charge < -0.3 is 5.32 Å². The Bertz CT molecular complexity index is 844. The Balaban J connectivity index is 1.83. The highest BCUT2D eigenvalue weighted by atomic mass is 32.2. The highest BCUT2D eigenvalue weighted by Crippen LogP contribution is 2.30. The number of nitro benzene ring substituents is 1. The summed E-state index contributed by atoms with van der Waals surface area (Å²) in [6.45, 7) is 1.83. The lowest BCUT2D eigenvalue weighted by Crippen LogP contribution is -2.26. The van der Waals surface area contributed by atoms with Crippen LogP contribution < -0.4 is 10.0 Å². The summed E-state index contributed by atoms with van der Waals surface area (Å²) in [5, 5.41) is 16.4. The molecule has 3 rings (SSSR count). The largest absolute Gasteiger partial charge is 0.317 e. The first kappa shape index (κ1) is 16.8. The van der Waals surface area contributed by atoms with Crippen LogP contribution in [0.5, 0.6) is 0 Å². The first-order chi connectivity index (χ1) is 11.5. The van der Waals surface area contributed by atoms with Crippen molar-refractivity contribution in [3.8, 4) is 0 Å². The number of hydrogen-bond donors (Lipinski definition) is 2. The molecule has 1 aliphatic rings. The summed E-state index contributed by atoms with van der Waals surface area (Å²) in [4.78, 5) is 14.3. The summed E-state index contributed by atoms with van der Waals surface area (Å²) < 4.78 is 27.3. The molecule has 0 amide bonds. The molecule has 2 heterocycles. The van der Waals surface area contributed by atoms with Gasteiger partial charge in [0.1, 0.15) is 0 Å². The molecule has 0 bridgehead atoms. The quantitative estimate of drug-likeness (QED) is 0.618. The van der Waals surface area contributed by atoms with E-state index in [1.165, 1.54) is 29.5 Å². The zero-order valence-electron chi connectivity index (χ0n) is 12.6. The Morgan fingerprint density at radius 1 is 1.29 bits per heavy atom. The zero-order valence-corrected chi connectivity index (χ0v) is 14.3. The van der Waals surface area contributed by atoms with Crippen LogP contribution in [0.25, 0.3) is 0 Å². The van der Waals surface area contributed by atoms with Gasteiger partial charge in [-0.25, -0.2) is 13.4 Å². The molecule has 0 spiro atoms. The molecule has 1 saturated heterocycles. The SMILES string of the molecule is O=[N+]([O-])c1ccccc1S(=O)(=O)Nc1nc(C2CCNCC2)cs1. The van der Waals surface area contributed by atoms with Crippen molar-refractivity contribution in [3.05, 3.63) is 45.5 Å². The molecule has 2 aromatic rings. The second-order valence-electron chi connectivity index (χ2n) is 5.43. The monoisotopic (exact) mass is 368 g/mol. The lowest BCUT2D eigenvalue weighted by molar-refractivity contribution is -0.387. The van der Waals surface area contributed by atoms with Gasteiger partial charge in [-0.2, -0.15) is 0 Å². The number of para-hydroxylation sites is 1. The summed E-state index contributed by atoms with van der Waals surface area (Å²) >= 11 is 1.19. The van der Waals surface area contributed by atoms with Crippen molar-refractivity contribution in [1.82, 2.24) is 10.3 Å².